The molecule has 3 aromatic carbocycles. The van der Waals surface area contributed by atoms with Gasteiger partial charge < -0.3 is 14.8 Å². The van der Waals surface area contributed by atoms with E-state index in [1.807, 2.05) is 44.2 Å². The minimum Gasteiger partial charge on any atom is -0.493 e. The van der Waals surface area contributed by atoms with Crippen molar-refractivity contribution in [1.29, 1.82) is 5.26 Å². The Hall–Kier alpha value is -4.04. The van der Waals surface area contributed by atoms with Gasteiger partial charge >= 0.3 is 0 Å². The molecule has 0 saturated heterocycles. The van der Waals surface area contributed by atoms with Crippen molar-refractivity contribution in [3.8, 4) is 17.6 Å². The summed E-state index contributed by atoms with van der Waals surface area (Å²) in [6, 6.07) is 19.3. The highest BCUT2D eigenvalue weighted by Crippen LogP contribution is 2.30. The summed E-state index contributed by atoms with van der Waals surface area (Å²) in [5, 5.41) is 12.4. The van der Waals surface area contributed by atoms with E-state index in [9.17, 15) is 10.1 Å². The summed E-state index contributed by atoms with van der Waals surface area (Å²) >= 11 is 0. The average Bonchev–Trinajstić information content (AvgIpc) is 2.80. The number of nitrogens with one attached hydrogen (secondary N) is 1. The molecule has 0 heterocycles. The molecule has 168 valence electrons. The van der Waals surface area contributed by atoms with Crippen LogP contribution in [0, 0.1) is 39.0 Å². The van der Waals surface area contributed by atoms with Crippen LogP contribution in [0.1, 0.15) is 33.4 Å². The van der Waals surface area contributed by atoms with Gasteiger partial charge in [0.2, 0.25) is 0 Å². The largest absolute Gasteiger partial charge is 0.493 e. The number of ether oxygens (including phenoxy) is 2. The van der Waals surface area contributed by atoms with Crippen LogP contribution in [0.5, 0.6) is 11.5 Å². The zero-order valence-corrected chi connectivity index (χ0v) is 19.7. The molecule has 33 heavy (non-hydrogen) atoms. The number of nitrogens with zero attached hydrogens (tertiary/aromatic N) is 1. The van der Waals surface area contributed by atoms with Gasteiger partial charge in [0.05, 0.1) is 7.11 Å². The minimum absolute atomic E-state index is 0.00163. The number of rotatable bonds is 7. The van der Waals surface area contributed by atoms with Gasteiger partial charge in [0.15, 0.2) is 11.5 Å². The fraction of sp³-hybridized carbons (Fsp3) is 0.214. The Morgan fingerprint density at radius 3 is 2.39 bits per heavy atom. The third kappa shape index (κ3) is 6.02. The molecule has 0 unspecified atom stereocenters. The number of hydrogen-bond donors (Lipinski definition) is 1. The van der Waals surface area contributed by atoms with Gasteiger partial charge in [-0.3, -0.25) is 4.79 Å². The third-order valence-corrected chi connectivity index (χ3v) is 5.47. The van der Waals surface area contributed by atoms with Crippen LogP contribution >= 0.6 is 0 Å². The zero-order chi connectivity index (χ0) is 24.0. The predicted octanol–water partition coefficient (Wildman–Crippen LogP) is 6.05. The molecule has 0 saturated carbocycles. The lowest BCUT2D eigenvalue weighted by Crippen LogP contribution is -2.14. The fourth-order valence-electron chi connectivity index (χ4n) is 3.32. The lowest BCUT2D eigenvalue weighted by Gasteiger charge is -2.12. The molecule has 0 spiro atoms. The summed E-state index contributed by atoms with van der Waals surface area (Å²) < 4.78 is 11.4. The van der Waals surface area contributed by atoms with Crippen molar-refractivity contribution in [3.63, 3.8) is 0 Å². The normalized spacial score (nSPS) is 11.0. The van der Waals surface area contributed by atoms with Crippen LogP contribution in [0.25, 0.3) is 6.08 Å². The van der Waals surface area contributed by atoms with E-state index < -0.39 is 5.91 Å². The first-order valence-corrected chi connectivity index (χ1v) is 10.7. The van der Waals surface area contributed by atoms with Crippen LogP contribution in [-0.4, -0.2) is 13.0 Å². The van der Waals surface area contributed by atoms with E-state index in [0.29, 0.717) is 29.4 Å². The molecule has 0 atom stereocenters. The number of aryl methyl sites for hydroxylation is 4. The van der Waals surface area contributed by atoms with Crippen LogP contribution in [0.4, 0.5) is 5.69 Å². The number of methoxy groups -OCH3 is 1. The van der Waals surface area contributed by atoms with Crippen molar-refractivity contribution in [2.24, 2.45) is 0 Å². The molecule has 0 aliphatic carbocycles. The summed E-state index contributed by atoms with van der Waals surface area (Å²) in [6.45, 7) is 8.42. The molecule has 0 fully saturated rings. The maximum atomic E-state index is 12.7. The lowest BCUT2D eigenvalue weighted by molar-refractivity contribution is -0.112. The quantitative estimate of drug-likeness (QED) is 0.358. The van der Waals surface area contributed by atoms with Crippen molar-refractivity contribution >= 4 is 17.7 Å². The lowest BCUT2D eigenvalue weighted by atomic mass is 10.1. The first-order chi connectivity index (χ1) is 15.8. The molecule has 5 nitrogen and oxygen atoms in total. The molecule has 1 amide bonds. The molecular weight excluding hydrogens is 412 g/mol. The molecule has 0 aliphatic heterocycles. The van der Waals surface area contributed by atoms with Crippen molar-refractivity contribution < 1.29 is 14.3 Å². The van der Waals surface area contributed by atoms with Crippen LogP contribution in [0.15, 0.2) is 60.2 Å². The minimum atomic E-state index is -0.458. The van der Waals surface area contributed by atoms with Gasteiger partial charge in [-0.15, -0.1) is 0 Å². The number of amides is 1. The highest BCUT2D eigenvalue weighted by atomic mass is 16.5. The fourth-order valence-corrected chi connectivity index (χ4v) is 3.32. The Kier molecular flexibility index (Phi) is 7.53. The summed E-state index contributed by atoms with van der Waals surface area (Å²) in [4.78, 5) is 12.7. The second kappa shape index (κ2) is 10.5. The maximum absolute atomic E-state index is 12.7. The standard InChI is InChI=1S/C28H28N2O3/c1-18-6-7-20(3)25(12-18)30-28(31)24(16-29)14-22-10-11-26(27(15-22)32-5)33-17-23-9-8-19(2)21(4)13-23/h6-15H,17H2,1-5H3,(H,30,31)/b24-14+. The number of carbonyl (C=O) groups is 1. The second-order valence-electron chi connectivity index (χ2n) is 8.06. The highest BCUT2D eigenvalue weighted by Gasteiger charge is 2.13. The topological polar surface area (TPSA) is 71.3 Å². The van der Waals surface area contributed by atoms with Crippen molar-refractivity contribution in [1.82, 2.24) is 0 Å². The monoisotopic (exact) mass is 440 g/mol. The summed E-state index contributed by atoms with van der Waals surface area (Å²) in [6.07, 6.45) is 1.54. The Morgan fingerprint density at radius 2 is 1.70 bits per heavy atom. The summed E-state index contributed by atoms with van der Waals surface area (Å²) in [5.41, 5.74) is 6.83. The summed E-state index contributed by atoms with van der Waals surface area (Å²) in [5.74, 6) is 0.659. The third-order valence-electron chi connectivity index (χ3n) is 5.47. The number of benzene rings is 3. The van der Waals surface area contributed by atoms with Crippen LogP contribution in [-0.2, 0) is 11.4 Å². The number of hydrogen-bond acceptors (Lipinski definition) is 4. The average molecular weight is 441 g/mol. The van der Waals surface area contributed by atoms with Gasteiger partial charge in [0.25, 0.3) is 5.91 Å². The van der Waals surface area contributed by atoms with E-state index >= 15 is 0 Å². The molecule has 5 heteroatoms. The second-order valence-corrected chi connectivity index (χ2v) is 8.06. The van der Waals surface area contributed by atoms with E-state index in [1.54, 1.807) is 25.3 Å². The van der Waals surface area contributed by atoms with E-state index in [0.717, 1.165) is 16.7 Å². The van der Waals surface area contributed by atoms with Crippen LogP contribution < -0.4 is 14.8 Å². The first-order valence-electron chi connectivity index (χ1n) is 10.7. The molecule has 3 aromatic rings. The molecule has 3 rings (SSSR count). The van der Waals surface area contributed by atoms with E-state index in [1.165, 1.54) is 17.2 Å². The SMILES string of the molecule is COc1cc(/C=C(\C#N)C(=O)Nc2cc(C)ccc2C)ccc1OCc1ccc(C)c(C)c1. The van der Waals surface area contributed by atoms with Gasteiger partial charge in [-0.2, -0.15) is 5.26 Å². The van der Waals surface area contributed by atoms with E-state index in [-0.39, 0.29) is 5.57 Å². The number of anilines is 1. The predicted molar refractivity (Wildman–Crippen MR) is 131 cm³/mol. The van der Waals surface area contributed by atoms with Crippen molar-refractivity contribution in [3.05, 3.63) is 93.6 Å². The van der Waals surface area contributed by atoms with E-state index in [4.69, 9.17) is 9.47 Å². The van der Waals surface area contributed by atoms with E-state index in [2.05, 4.69) is 31.3 Å². The molecular formula is C28H28N2O3. The van der Waals surface area contributed by atoms with Gasteiger partial charge in [-0.05, 0) is 85.4 Å². The first kappa shape index (κ1) is 23.6. The van der Waals surface area contributed by atoms with Gasteiger partial charge in [0, 0.05) is 5.69 Å². The summed E-state index contributed by atoms with van der Waals surface area (Å²) in [7, 11) is 1.56. The smallest absolute Gasteiger partial charge is 0.266 e. The Balaban J connectivity index is 1.77. The highest BCUT2D eigenvalue weighted by molar-refractivity contribution is 6.10. The van der Waals surface area contributed by atoms with Crippen molar-refractivity contribution in [2.45, 2.75) is 34.3 Å². The molecule has 0 aliphatic rings. The van der Waals surface area contributed by atoms with Gasteiger partial charge in [-0.1, -0.05) is 36.4 Å². The van der Waals surface area contributed by atoms with Crippen molar-refractivity contribution in [2.75, 3.05) is 12.4 Å². The molecule has 0 aromatic heterocycles. The van der Waals surface area contributed by atoms with Gasteiger partial charge in [-0.25, -0.2) is 0 Å². The molecule has 1 N–H and O–H groups in total. The van der Waals surface area contributed by atoms with Crippen LogP contribution in [0.3, 0.4) is 0 Å². The van der Waals surface area contributed by atoms with Crippen LogP contribution in [0.2, 0.25) is 0 Å². The Bertz CT molecular complexity index is 1250. The van der Waals surface area contributed by atoms with Gasteiger partial charge in [0.1, 0.15) is 18.2 Å². The Morgan fingerprint density at radius 1 is 0.939 bits per heavy atom. The maximum Gasteiger partial charge on any atom is 0.266 e. The number of carbonyl (C=O) groups excluding carboxylic acids is 1. The zero-order valence-electron chi connectivity index (χ0n) is 19.7. The Labute approximate surface area is 195 Å². The molecule has 0 bridgehead atoms. The molecule has 0 radical (unpaired) electrons. The number of nitriles is 1.